The van der Waals surface area contributed by atoms with E-state index in [9.17, 15) is 18.8 Å². The van der Waals surface area contributed by atoms with Crippen molar-refractivity contribution < 1.29 is 23.5 Å². The first-order chi connectivity index (χ1) is 13.3. The summed E-state index contributed by atoms with van der Waals surface area (Å²) in [6.45, 7) is 5.05. The molecule has 0 unspecified atom stereocenters. The molecular formula is C19H22FN3O4S. The summed E-state index contributed by atoms with van der Waals surface area (Å²) in [7, 11) is 0. The number of thiophene rings is 1. The van der Waals surface area contributed by atoms with Crippen LogP contribution in [0.25, 0.3) is 0 Å². The van der Waals surface area contributed by atoms with E-state index in [2.05, 4.69) is 16.2 Å². The highest BCUT2D eigenvalue weighted by atomic mass is 32.1. The van der Waals surface area contributed by atoms with Crippen molar-refractivity contribution in [1.82, 2.24) is 16.2 Å². The van der Waals surface area contributed by atoms with Crippen LogP contribution in [0.3, 0.4) is 0 Å². The third-order valence-corrected chi connectivity index (χ3v) is 4.65. The highest BCUT2D eigenvalue weighted by Crippen LogP contribution is 2.13. The summed E-state index contributed by atoms with van der Waals surface area (Å²) in [4.78, 5) is 37.2. The summed E-state index contributed by atoms with van der Waals surface area (Å²) in [5, 5.41) is 4.42. The number of rotatable bonds is 7. The lowest BCUT2D eigenvalue weighted by Gasteiger charge is -2.22. The zero-order valence-corrected chi connectivity index (χ0v) is 16.5. The first kappa shape index (κ1) is 21.4. The fourth-order valence-electron chi connectivity index (χ4n) is 2.23. The normalized spacial score (nSPS) is 12.8. The van der Waals surface area contributed by atoms with Crippen LogP contribution in [0.1, 0.15) is 30.4 Å². The first-order valence-electron chi connectivity index (χ1n) is 8.64. The number of amides is 3. The Labute approximate surface area is 166 Å². The van der Waals surface area contributed by atoms with Gasteiger partial charge in [0.25, 0.3) is 17.7 Å². The van der Waals surface area contributed by atoms with Gasteiger partial charge in [-0.1, -0.05) is 19.9 Å². The lowest BCUT2D eigenvalue weighted by Crippen LogP contribution is -2.55. The molecule has 1 heterocycles. The van der Waals surface area contributed by atoms with Crippen LogP contribution < -0.4 is 20.9 Å². The van der Waals surface area contributed by atoms with E-state index in [0.29, 0.717) is 10.6 Å². The van der Waals surface area contributed by atoms with Gasteiger partial charge in [-0.05, 0) is 48.6 Å². The number of hydrazine groups is 1. The van der Waals surface area contributed by atoms with Crippen molar-refractivity contribution in [3.8, 4) is 5.75 Å². The molecule has 0 radical (unpaired) electrons. The average Bonchev–Trinajstić information content (AvgIpc) is 3.20. The molecule has 9 heteroatoms. The Hall–Kier alpha value is -2.94. The maximum Gasteiger partial charge on any atom is 0.279 e. The number of carbonyl (C=O) groups excluding carboxylic acids is 3. The third-order valence-electron chi connectivity index (χ3n) is 3.79. The Morgan fingerprint density at radius 2 is 1.64 bits per heavy atom. The lowest BCUT2D eigenvalue weighted by molar-refractivity contribution is -0.133. The first-order valence-corrected chi connectivity index (χ1v) is 9.52. The van der Waals surface area contributed by atoms with E-state index >= 15 is 0 Å². The molecule has 28 heavy (non-hydrogen) atoms. The van der Waals surface area contributed by atoms with Crippen molar-refractivity contribution in [2.75, 3.05) is 0 Å². The molecule has 0 saturated heterocycles. The predicted octanol–water partition coefficient (Wildman–Crippen LogP) is 2.26. The predicted molar refractivity (Wildman–Crippen MR) is 103 cm³/mol. The second kappa shape index (κ2) is 9.84. The van der Waals surface area contributed by atoms with Gasteiger partial charge in [0.1, 0.15) is 17.6 Å². The van der Waals surface area contributed by atoms with Gasteiger partial charge in [0.05, 0.1) is 4.88 Å². The Morgan fingerprint density at radius 3 is 2.21 bits per heavy atom. The van der Waals surface area contributed by atoms with Crippen molar-refractivity contribution in [3.63, 3.8) is 0 Å². The number of halogens is 1. The van der Waals surface area contributed by atoms with E-state index in [1.165, 1.54) is 42.5 Å². The van der Waals surface area contributed by atoms with Gasteiger partial charge in [0.15, 0.2) is 6.10 Å². The van der Waals surface area contributed by atoms with Crippen LogP contribution in [0.5, 0.6) is 5.75 Å². The molecule has 2 rings (SSSR count). The molecule has 3 amide bonds. The molecule has 0 bridgehead atoms. The standard InChI is InChI=1S/C19H22FN3O4S/c1-11(2)16(21-18(25)15-5-4-10-28-15)19(26)23-22-17(24)12(3)27-14-8-6-13(20)7-9-14/h4-12,16H,1-3H3,(H,21,25)(H,22,24)(H,23,26)/t12-,16+/m1/s1. The van der Waals surface area contributed by atoms with E-state index in [1.807, 2.05) is 0 Å². The molecule has 0 saturated carbocycles. The van der Waals surface area contributed by atoms with Gasteiger partial charge < -0.3 is 10.1 Å². The molecule has 0 aliphatic carbocycles. The molecule has 1 aromatic heterocycles. The molecule has 0 aliphatic heterocycles. The number of hydrogen-bond acceptors (Lipinski definition) is 5. The van der Waals surface area contributed by atoms with E-state index < -0.39 is 29.8 Å². The average molecular weight is 407 g/mol. The Balaban J connectivity index is 1.87. The Morgan fingerprint density at radius 1 is 1.00 bits per heavy atom. The van der Waals surface area contributed by atoms with Crippen LogP contribution in [0, 0.1) is 11.7 Å². The maximum absolute atomic E-state index is 12.9. The zero-order valence-electron chi connectivity index (χ0n) is 15.7. The number of nitrogens with one attached hydrogen (secondary N) is 3. The van der Waals surface area contributed by atoms with Gasteiger partial charge in [0, 0.05) is 0 Å². The van der Waals surface area contributed by atoms with Crippen LogP contribution in [0.15, 0.2) is 41.8 Å². The minimum absolute atomic E-state index is 0.200. The summed E-state index contributed by atoms with van der Waals surface area (Å²) >= 11 is 1.27. The molecule has 0 spiro atoms. The van der Waals surface area contributed by atoms with Crippen LogP contribution in [0.2, 0.25) is 0 Å². The minimum Gasteiger partial charge on any atom is -0.481 e. The number of carbonyl (C=O) groups is 3. The third kappa shape index (κ3) is 6.05. The minimum atomic E-state index is -0.927. The number of benzene rings is 1. The smallest absolute Gasteiger partial charge is 0.279 e. The highest BCUT2D eigenvalue weighted by molar-refractivity contribution is 7.12. The van der Waals surface area contributed by atoms with Crippen molar-refractivity contribution in [2.24, 2.45) is 5.92 Å². The monoisotopic (exact) mass is 407 g/mol. The van der Waals surface area contributed by atoms with Crippen molar-refractivity contribution >= 4 is 29.1 Å². The fraction of sp³-hybridized carbons (Fsp3) is 0.316. The van der Waals surface area contributed by atoms with Gasteiger partial charge in [0.2, 0.25) is 0 Å². The Kier molecular flexibility index (Phi) is 7.51. The summed E-state index contributed by atoms with van der Waals surface area (Å²) in [5.41, 5.74) is 4.57. The molecule has 1 aromatic carbocycles. The van der Waals surface area contributed by atoms with Gasteiger partial charge in [-0.3, -0.25) is 25.2 Å². The lowest BCUT2D eigenvalue weighted by atomic mass is 10.0. The van der Waals surface area contributed by atoms with Crippen molar-refractivity contribution in [1.29, 1.82) is 0 Å². The molecule has 3 N–H and O–H groups in total. The summed E-state index contributed by atoms with van der Waals surface area (Å²) in [6, 6.07) is 7.79. The molecule has 0 aliphatic rings. The van der Waals surface area contributed by atoms with E-state index in [4.69, 9.17) is 4.74 Å². The van der Waals surface area contributed by atoms with Crippen LogP contribution in [-0.4, -0.2) is 29.9 Å². The second-order valence-electron chi connectivity index (χ2n) is 6.36. The SMILES string of the molecule is CC(C)[C@H](NC(=O)c1cccs1)C(=O)NNC(=O)[C@@H](C)Oc1ccc(F)cc1. The van der Waals surface area contributed by atoms with Crippen LogP contribution >= 0.6 is 11.3 Å². The van der Waals surface area contributed by atoms with Crippen molar-refractivity contribution in [3.05, 3.63) is 52.5 Å². The van der Waals surface area contributed by atoms with Crippen molar-refractivity contribution in [2.45, 2.75) is 32.9 Å². The number of ether oxygens (including phenoxy) is 1. The fourth-order valence-corrected chi connectivity index (χ4v) is 2.86. The molecule has 150 valence electrons. The highest BCUT2D eigenvalue weighted by Gasteiger charge is 2.26. The molecular weight excluding hydrogens is 385 g/mol. The summed E-state index contributed by atoms with van der Waals surface area (Å²) in [5.74, 6) is -1.80. The van der Waals surface area contributed by atoms with E-state index in [-0.39, 0.29) is 11.8 Å². The van der Waals surface area contributed by atoms with Crippen LogP contribution in [-0.2, 0) is 9.59 Å². The Bertz CT molecular complexity index is 809. The molecule has 2 aromatic rings. The largest absolute Gasteiger partial charge is 0.481 e. The topological polar surface area (TPSA) is 96.5 Å². The summed E-state index contributed by atoms with van der Waals surface area (Å²) < 4.78 is 18.3. The zero-order chi connectivity index (χ0) is 20.7. The quantitative estimate of drug-likeness (QED) is 0.614. The van der Waals surface area contributed by atoms with Crippen LogP contribution in [0.4, 0.5) is 4.39 Å². The van der Waals surface area contributed by atoms with Gasteiger partial charge in [-0.15, -0.1) is 11.3 Å². The van der Waals surface area contributed by atoms with E-state index in [1.54, 1.807) is 31.4 Å². The maximum atomic E-state index is 12.9. The van der Waals surface area contributed by atoms with Gasteiger partial charge in [-0.25, -0.2) is 4.39 Å². The van der Waals surface area contributed by atoms with Gasteiger partial charge >= 0.3 is 0 Å². The second-order valence-corrected chi connectivity index (χ2v) is 7.31. The summed E-state index contributed by atoms with van der Waals surface area (Å²) in [6.07, 6.45) is -0.927. The molecule has 0 fully saturated rings. The van der Waals surface area contributed by atoms with E-state index in [0.717, 1.165) is 0 Å². The molecule has 2 atom stereocenters. The molecule has 7 nitrogen and oxygen atoms in total. The number of hydrogen-bond donors (Lipinski definition) is 3. The van der Waals surface area contributed by atoms with Gasteiger partial charge in [-0.2, -0.15) is 0 Å².